The number of aliphatic hydroxyl groups excluding tert-OH is 1. The Morgan fingerprint density at radius 3 is 2.47 bits per heavy atom. The molecule has 3 nitrogen and oxygen atoms in total. The van der Waals surface area contributed by atoms with Crippen molar-refractivity contribution < 1.29 is 18.3 Å². The van der Waals surface area contributed by atoms with Gasteiger partial charge in [-0.05, 0) is 12.1 Å². The quantitative estimate of drug-likeness (QED) is 0.754. The summed E-state index contributed by atoms with van der Waals surface area (Å²) in [6.07, 6.45) is -6.03. The van der Waals surface area contributed by atoms with Gasteiger partial charge in [0, 0.05) is 10.9 Å². The molecule has 0 saturated heterocycles. The van der Waals surface area contributed by atoms with Crippen molar-refractivity contribution in [3.8, 4) is 0 Å². The van der Waals surface area contributed by atoms with Gasteiger partial charge in [0.25, 0.3) is 0 Å². The van der Waals surface area contributed by atoms with Gasteiger partial charge in [-0.3, -0.25) is 0 Å². The fourth-order valence-corrected chi connectivity index (χ4v) is 1.59. The predicted octanol–water partition coefficient (Wildman–Crippen LogP) is 2.20. The molecule has 0 aliphatic rings. The lowest BCUT2D eigenvalue weighted by Gasteiger charge is -2.13. The Morgan fingerprint density at radius 1 is 1.24 bits per heavy atom. The highest BCUT2D eigenvalue weighted by Crippen LogP contribution is 2.32. The maximum absolute atomic E-state index is 12.6. The standard InChI is InChI=1S/C11H9F3N2O/c12-11(13,14)9-5-7(10(15)17)6-3-1-2-4-8(6)16-9/h1-5,10,17H,15H2. The van der Waals surface area contributed by atoms with Crippen LogP contribution in [0, 0.1) is 0 Å². The highest BCUT2D eigenvalue weighted by molar-refractivity contribution is 5.82. The van der Waals surface area contributed by atoms with E-state index in [4.69, 9.17) is 5.73 Å². The SMILES string of the molecule is NC(O)c1cc(C(F)(F)F)nc2ccccc12. The molecule has 2 rings (SSSR count). The van der Waals surface area contributed by atoms with Crippen LogP contribution < -0.4 is 5.73 Å². The number of fused-ring (bicyclic) bond motifs is 1. The Balaban J connectivity index is 2.76. The summed E-state index contributed by atoms with van der Waals surface area (Å²) in [7, 11) is 0. The first-order valence-electron chi connectivity index (χ1n) is 4.80. The van der Waals surface area contributed by atoms with E-state index < -0.39 is 18.1 Å². The Labute approximate surface area is 94.7 Å². The van der Waals surface area contributed by atoms with Crippen molar-refractivity contribution in [3.05, 3.63) is 41.6 Å². The molecule has 1 aromatic carbocycles. The first-order chi connectivity index (χ1) is 7.89. The van der Waals surface area contributed by atoms with E-state index in [1.54, 1.807) is 18.2 Å². The normalized spacial score (nSPS) is 13.9. The molecular formula is C11H9F3N2O. The zero-order chi connectivity index (χ0) is 12.6. The minimum Gasteiger partial charge on any atom is -0.375 e. The Bertz CT molecular complexity index is 552. The molecule has 6 heteroatoms. The van der Waals surface area contributed by atoms with E-state index in [0.29, 0.717) is 5.39 Å². The number of rotatable bonds is 1. The predicted molar refractivity (Wildman–Crippen MR) is 55.9 cm³/mol. The van der Waals surface area contributed by atoms with Crippen molar-refractivity contribution in [2.24, 2.45) is 5.73 Å². The maximum atomic E-state index is 12.6. The lowest BCUT2D eigenvalue weighted by Crippen LogP contribution is -2.14. The first-order valence-corrected chi connectivity index (χ1v) is 4.80. The molecule has 0 amide bonds. The van der Waals surface area contributed by atoms with Crippen molar-refractivity contribution in [2.75, 3.05) is 0 Å². The molecule has 1 unspecified atom stereocenters. The van der Waals surface area contributed by atoms with Gasteiger partial charge in [0.1, 0.15) is 11.9 Å². The van der Waals surface area contributed by atoms with Gasteiger partial charge in [-0.1, -0.05) is 18.2 Å². The van der Waals surface area contributed by atoms with E-state index in [9.17, 15) is 18.3 Å². The zero-order valence-corrected chi connectivity index (χ0v) is 8.57. The Kier molecular flexibility index (Phi) is 2.76. The molecule has 0 bridgehead atoms. The average molecular weight is 242 g/mol. The molecule has 1 atom stereocenters. The van der Waals surface area contributed by atoms with Crippen molar-refractivity contribution in [2.45, 2.75) is 12.4 Å². The molecule has 1 aromatic heterocycles. The van der Waals surface area contributed by atoms with Gasteiger partial charge >= 0.3 is 6.18 Å². The molecule has 3 N–H and O–H groups in total. The van der Waals surface area contributed by atoms with Crippen LogP contribution in [0.2, 0.25) is 0 Å². The van der Waals surface area contributed by atoms with E-state index in [1.165, 1.54) is 6.07 Å². The summed E-state index contributed by atoms with van der Waals surface area (Å²) in [5.74, 6) is 0. The summed E-state index contributed by atoms with van der Waals surface area (Å²) < 4.78 is 37.7. The number of halogens is 3. The van der Waals surface area contributed by atoms with E-state index >= 15 is 0 Å². The number of pyridine rings is 1. The number of nitrogens with two attached hydrogens (primary N) is 1. The summed E-state index contributed by atoms with van der Waals surface area (Å²) in [4.78, 5) is 3.50. The Hall–Kier alpha value is -1.66. The van der Waals surface area contributed by atoms with Gasteiger partial charge in [-0.15, -0.1) is 0 Å². The lowest BCUT2D eigenvalue weighted by atomic mass is 10.1. The van der Waals surface area contributed by atoms with E-state index in [-0.39, 0.29) is 11.1 Å². The second kappa shape index (κ2) is 3.97. The highest BCUT2D eigenvalue weighted by Gasteiger charge is 2.33. The van der Waals surface area contributed by atoms with Crippen LogP contribution in [-0.4, -0.2) is 10.1 Å². The first kappa shape index (κ1) is 11.8. The molecule has 0 saturated carbocycles. The number of hydrogen-bond acceptors (Lipinski definition) is 3. The van der Waals surface area contributed by atoms with Gasteiger partial charge in [-0.2, -0.15) is 13.2 Å². The van der Waals surface area contributed by atoms with Crippen LogP contribution in [0.15, 0.2) is 30.3 Å². The maximum Gasteiger partial charge on any atom is 0.433 e. The van der Waals surface area contributed by atoms with Crippen LogP contribution >= 0.6 is 0 Å². The second-order valence-electron chi connectivity index (χ2n) is 3.56. The topological polar surface area (TPSA) is 59.1 Å². The van der Waals surface area contributed by atoms with E-state index in [2.05, 4.69) is 4.98 Å². The summed E-state index contributed by atoms with van der Waals surface area (Å²) in [6, 6.07) is 6.99. The molecule has 0 aliphatic heterocycles. The molecule has 0 aliphatic carbocycles. The number of aliphatic hydroxyl groups is 1. The molecule has 0 spiro atoms. The minimum absolute atomic E-state index is 0.0166. The van der Waals surface area contributed by atoms with Gasteiger partial charge in [0.05, 0.1) is 5.52 Å². The summed E-state index contributed by atoms with van der Waals surface area (Å²) in [6.45, 7) is 0. The molecule has 1 heterocycles. The number of para-hydroxylation sites is 1. The number of benzene rings is 1. The summed E-state index contributed by atoms with van der Waals surface area (Å²) in [5.41, 5.74) is 4.36. The van der Waals surface area contributed by atoms with E-state index in [1.807, 2.05) is 0 Å². The van der Waals surface area contributed by atoms with Crippen molar-refractivity contribution >= 4 is 10.9 Å². The second-order valence-corrected chi connectivity index (χ2v) is 3.56. The number of hydrogen-bond donors (Lipinski definition) is 2. The van der Waals surface area contributed by atoms with Crippen LogP contribution in [0.3, 0.4) is 0 Å². The average Bonchev–Trinajstić information content (AvgIpc) is 2.26. The van der Waals surface area contributed by atoms with Crippen LogP contribution in [0.5, 0.6) is 0 Å². The number of aromatic nitrogens is 1. The molecule has 17 heavy (non-hydrogen) atoms. The summed E-state index contributed by atoms with van der Waals surface area (Å²) >= 11 is 0. The van der Waals surface area contributed by atoms with Crippen LogP contribution in [-0.2, 0) is 6.18 Å². The minimum atomic E-state index is -4.56. The third-order valence-corrected chi connectivity index (χ3v) is 2.36. The zero-order valence-electron chi connectivity index (χ0n) is 8.57. The fraction of sp³-hybridized carbons (Fsp3) is 0.182. The van der Waals surface area contributed by atoms with Crippen LogP contribution in [0.25, 0.3) is 10.9 Å². The Morgan fingerprint density at radius 2 is 1.88 bits per heavy atom. The molecular weight excluding hydrogens is 233 g/mol. The number of nitrogens with zero attached hydrogens (tertiary/aromatic N) is 1. The largest absolute Gasteiger partial charge is 0.433 e. The van der Waals surface area contributed by atoms with Gasteiger partial charge in [0.15, 0.2) is 0 Å². The van der Waals surface area contributed by atoms with Crippen LogP contribution in [0.1, 0.15) is 17.5 Å². The molecule has 90 valence electrons. The van der Waals surface area contributed by atoms with Gasteiger partial charge in [0.2, 0.25) is 0 Å². The fourth-order valence-electron chi connectivity index (χ4n) is 1.59. The number of alkyl halides is 3. The van der Waals surface area contributed by atoms with Crippen LogP contribution in [0.4, 0.5) is 13.2 Å². The smallest absolute Gasteiger partial charge is 0.375 e. The third kappa shape index (κ3) is 2.22. The van der Waals surface area contributed by atoms with Gasteiger partial charge in [-0.25, -0.2) is 4.98 Å². The molecule has 0 radical (unpaired) electrons. The van der Waals surface area contributed by atoms with Gasteiger partial charge < -0.3 is 10.8 Å². The van der Waals surface area contributed by atoms with Crippen molar-refractivity contribution in [1.29, 1.82) is 0 Å². The molecule has 2 aromatic rings. The third-order valence-electron chi connectivity index (χ3n) is 2.36. The summed E-state index contributed by atoms with van der Waals surface area (Å²) in [5, 5.41) is 9.71. The lowest BCUT2D eigenvalue weighted by molar-refractivity contribution is -0.141. The van der Waals surface area contributed by atoms with Crippen molar-refractivity contribution in [3.63, 3.8) is 0 Å². The molecule has 0 fully saturated rings. The van der Waals surface area contributed by atoms with Crippen molar-refractivity contribution in [1.82, 2.24) is 4.98 Å². The highest BCUT2D eigenvalue weighted by atomic mass is 19.4. The monoisotopic (exact) mass is 242 g/mol. The van der Waals surface area contributed by atoms with E-state index in [0.717, 1.165) is 6.07 Å².